The summed E-state index contributed by atoms with van der Waals surface area (Å²) in [6.45, 7) is 3.11. The molecular formula is C19H23NO3. The summed E-state index contributed by atoms with van der Waals surface area (Å²) in [4.78, 5) is 12.2. The Morgan fingerprint density at radius 2 is 1.87 bits per heavy atom. The maximum Gasteiger partial charge on any atom is 0.251 e. The van der Waals surface area contributed by atoms with Crippen LogP contribution < -0.4 is 14.8 Å². The quantitative estimate of drug-likeness (QED) is 0.759. The predicted molar refractivity (Wildman–Crippen MR) is 91.3 cm³/mol. The number of carbonyl (C=O) groups is 1. The molecule has 1 amide bonds. The molecule has 0 aliphatic rings. The highest BCUT2D eigenvalue weighted by atomic mass is 16.5. The summed E-state index contributed by atoms with van der Waals surface area (Å²) in [5, 5.41) is 2.94. The molecule has 4 nitrogen and oxygen atoms in total. The number of methoxy groups -OCH3 is 1. The molecule has 0 heterocycles. The molecule has 0 atom stereocenters. The number of nitrogens with one attached hydrogen (secondary N) is 1. The van der Waals surface area contributed by atoms with Crippen LogP contribution in [0.1, 0.15) is 29.3 Å². The fourth-order valence-corrected chi connectivity index (χ4v) is 2.32. The van der Waals surface area contributed by atoms with E-state index in [1.165, 1.54) is 5.56 Å². The second kappa shape index (κ2) is 8.83. The van der Waals surface area contributed by atoms with Crippen LogP contribution in [0.25, 0.3) is 0 Å². The first-order valence-corrected chi connectivity index (χ1v) is 7.87. The van der Waals surface area contributed by atoms with E-state index in [4.69, 9.17) is 9.47 Å². The lowest BCUT2D eigenvalue weighted by atomic mass is 10.1. The Morgan fingerprint density at radius 3 is 2.57 bits per heavy atom. The monoisotopic (exact) mass is 313 g/mol. The van der Waals surface area contributed by atoms with Crippen molar-refractivity contribution in [2.24, 2.45) is 0 Å². The fraction of sp³-hybridized carbons (Fsp3) is 0.316. The van der Waals surface area contributed by atoms with E-state index < -0.39 is 0 Å². The smallest absolute Gasteiger partial charge is 0.251 e. The number of hydrogen-bond donors (Lipinski definition) is 1. The first-order valence-electron chi connectivity index (χ1n) is 7.87. The lowest BCUT2D eigenvalue weighted by Gasteiger charge is -2.11. The highest BCUT2D eigenvalue weighted by molar-refractivity contribution is 5.94. The molecule has 2 rings (SSSR count). The van der Waals surface area contributed by atoms with Gasteiger partial charge in [-0.05, 0) is 43.5 Å². The molecule has 0 spiro atoms. The number of ether oxygens (including phenoxy) is 2. The van der Waals surface area contributed by atoms with Crippen LogP contribution in [0.2, 0.25) is 0 Å². The maximum atomic E-state index is 12.2. The summed E-state index contributed by atoms with van der Waals surface area (Å²) in [6.07, 6.45) is 1.86. The van der Waals surface area contributed by atoms with Gasteiger partial charge in [0.25, 0.3) is 5.91 Å². The Labute approximate surface area is 137 Å². The molecule has 2 aromatic rings. The summed E-state index contributed by atoms with van der Waals surface area (Å²) < 4.78 is 10.7. The summed E-state index contributed by atoms with van der Waals surface area (Å²) in [6, 6.07) is 15.5. The van der Waals surface area contributed by atoms with Gasteiger partial charge in [0.2, 0.25) is 0 Å². The lowest BCUT2D eigenvalue weighted by molar-refractivity contribution is 0.0953. The minimum Gasteiger partial charge on any atom is -0.493 e. The Bertz CT molecular complexity index is 626. The molecule has 0 radical (unpaired) electrons. The third-order valence-corrected chi connectivity index (χ3v) is 3.50. The first kappa shape index (κ1) is 16.9. The van der Waals surface area contributed by atoms with E-state index in [9.17, 15) is 4.79 Å². The van der Waals surface area contributed by atoms with Crippen LogP contribution >= 0.6 is 0 Å². The van der Waals surface area contributed by atoms with Crippen molar-refractivity contribution in [1.29, 1.82) is 0 Å². The minimum atomic E-state index is -0.0978. The molecule has 0 aliphatic carbocycles. The van der Waals surface area contributed by atoms with E-state index in [0.29, 0.717) is 30.2 Å². The normalized spacial score (nSPS) is 10.2. The second-order valence-corrected chi connectivity index (χ2v) is 5.14. The largest absolute Gasteiger partial charge is 0.493 e. The van der Waals surface area contributed by atoms with Crippen LogP contribution in [0, 0.1) is 0 Å². The van der Waals surface area contributed by atoms with E-state index >= 15 is 0 Å². The third kappa shape index (κ3) is 5.02. The molecule has 0 fully saturated rings. The van der Waals surface area contributed by atoms with E-state index in [-0.39, 0.29) is 5.91 Å². The molecule has 0 saturated carbocycles. The van der Waals surface area contributed by atoms with Crippen molar-refractivity contribution in [3.05, 3.63) is 59.7 Å². The van der Waals surface area contributed by atoms with E-state index in [1.807, 2.05) is 25.1 Å². The number of benzene rings is 2. The van der Waals surface area contributed by atoms with Gasteiger partial charge in [0.05, 0.1) is 13.7 Å². The zero-order valence-corrected chi connectivity index (χ0v) is 13.7. The Kier molecular flexibility index (Phi) is 6.48. The fourth-order valence-electron chi connectivity index (χ4n) is 2.32. The van der Waals surface area contributed by atoms with Gasteiger partial charge in [0.15, 0.2) is 11.5 Å². The van der Waals surface area contributed by atoms with Crippen LogP contribution in [-0.4, -0.2) is 26.2 Å². The van der Waals surface area contributed by atoms with Crippen LogP contribution in [0.3, 0.4) is 0 Å². The Morgan fingerprint density at radius 1 is 1.09 bits per heavy atom. The van der Waals surface area contributed by atoms with Gasteiger partial charge in [0.1, 0.15) is 0 Å². The van der Waals surface area contributed by atoms with Gasteiger partial charge in [-0.15, -0.1) is 0 Å². The molecule has 0 aliphatic heterocycles. The molecule has 0 saturated heterocycles. The molecule has 1 N–H and O–H groups in total. The lowest BCUT2D eigenvalue weighted by Crippen LogP contribution is -2.24. The van der Waals surface area contributed by atoms with Crippen molar-refractivity contribution in [2.75, 3.05) is 20.3 Å². The second-order valence-electron chi connectivity index (χ2n) is 5.14. The van der Waals surface area contributed by atoms with Gasteiger partial charge in [-0.3, -0.25) is 4.79 Å². The molecular weight excluding hydrogens is 290 g/mol. The molecule has 23 heavy (non-hydrogen) atoms. The van der Waals surface area contributed by atoms with Crippen molar-refractivity contribution < 1.29 is 14.3 Å². The van der Waals surface area contributed by atoms with Gasteiger partial charge in [-0.2, -0.15) is 0 Å². The third-order valence-electron chi connectivity index (χ3n) is 3.50. The van der Waals surface area contributed by atoms with Crippen molar-refractivity contribution in [1.82, 2.24) is 5.32 Å². The highest BCUT2D eigenvalue weighted by Crippen LogP contribution is 2.27. The van der Waals surface area contributed by atoms with E-state index in [2.05, 4.69) is 17.4 Å². The predicted octanol–water partition coefficient (Wildman–Crippen LogP) is 3.46. The summed E-state index contributed by atoms with van der Waals surface area (Å²) >= 11 is 0. The molecule has 0 unspecified atom stereocenters. The van der Waals surface area contributed by atoms with Gasteiger partial charge >= 0.3 is 0 Å². The zero-order chi connectivity index (χ0) is 16.5. The zero-order valence-electron chi connectivity index (χ0n) is 13.7. The molecule has 0 aromatic heterocycles. The number of amides is 1. The van der Waals surface area contributed by atoms with Crippen molar-refractivity contribution in [3.8, 4) is 11.5 Å². The van der Waals surface area contributed by atoms with Crippen LogP contribution in [0.15, 0.2) is 48.5 Å². The molecule has 4 heteroatoms. The summed E-state index contributed by atoms with van der Waals surface area (Å²) in [5.74, 6) is 1.12. The van der Waals surface area contributed by atoms with Crippen LogP contribution in [0.5, 0.6) is 11.5 Å². The number of aryl methyl sites for hydroxylation is 1. The maximum absolute atomic E-state index is 12.2. The molecule has 2 aromatic carbocycles. The van der Waals surface area contributed by atoms with E-state index in [0.717, 1.165) is 12.8 Å². The number of rotatable bonds is 8. The van der Waals surface area contributed by atoms with Crippen molar-refractivity contribution in [3.63, 3.8) is 0 Å². The van der Waals surface area contributed by atoms with Crippen LogP contribution in [0.4, 0.5) is 0 Å². The Balaban J connectivity index is 1.85. The van der Waals surface area contributed by atoms with Gasteiger partial charge in [0, 0.05) is 12.1 Å². The molecule has 122 valence electrons. The topological polar surface area (TPSA) is 47.6 Å². The average Bonchev–Trinajstić information content (AvgIpc) is 2.60. The van der Waals surface area contributed by atoms with Gasteiger partial charge < -0.3 is 14.8 Å². The minimum absolute atomic E-state index is 0.0978. The van der Waals surface area contributed by atoms with Crippen molar-refractivity contribution >= 4 is 5.91 Å². The van der Waals surface area contributed by atoms with Crippen LogP contribution in [-0.2, 0) is 6.42 Å². The summed E-state index contributed by atoms with van der Waals surface area (Å²) in [7, 11) is 1.57. The van der Waals surface area contributed by atoms with E-state index in [1.54, 1.807) is 25.3 Å². The first-order chi connectivity index (χ1) is 11.2. The number of hydrogen-bond acceptors (Lipinski definition) is 3. The van der Waals surface area contributed by atoms with Gasteiger partial charge in [-0.1, -0.05) is 30.3 Å². The highest BCUT2D eigenvalue weighted by Gasteiger charge is 2.10. The Hall–Kier alpha value is -2.49. The van der Waals surface area contributed by atoms with Crippen molar-refractivity contribution in [2.45, 2.75) is 19.8 Å². The van der Waals surface area contributed by atoms with Gasteiger partial charge in [-0.25, -0.2) is 0 Å². The standard InChI is InChI=1S/C19H23NO3/c1-3-23-17-12-11-16(14-18(17)22-2)19(21)20-13-7-10-15-8-5-4-6-9-15/h4-6,8-9,11-12,14H,3,7,10,13H2,1-2H3,(H,20,21). The molecule has 0 bridgehead atoms. The summed E-state index contributed by atoms with van der Waals surface area (Å²) in [5.41, 5.74) is 1.86. The number of carbonyl (C=O) groups excluding carboxylic acids is 1. The SMILES string of the molecule is CCOc1ccc(C(=O)NCCCc2ccccc2)cc1OC. The average molecular weight is 313 g/mol.